The predicted molar refractivity (Wildman–Crippen MR) is 114 cm³/mol. The van der Waals surface area contributed by atoms with E-state index in [1.165, 1.54) is 45.6 Å². The number of aromatic amines is 1. The zero-order valence-corrected chi connectivity index (χ0v) is 17.5. The van der Waals surface area contributed by atoms with E-state index in [9.17, 15) is 9.59 Å². The van der Waals surface area contributed by atoms with Crippen LogP contribution in [-0.2, 0) is 9.53 Å². The molecule has 1 aromatic carbocycles. The zero-order valence-electron chi connectivity index (χ0n) is 16.7. The lowest BCUT2D eigenvalue weighted by Crippen LogP contribution is -2.19. The number of rotatable bonds is 8. The van der Waals surface area contributed by atoms with E-state index in [1.807, 2.05) is 28.6 Å². The Morgan fingerprint density at radius 1 is 1.25 bits per heavy atom. The number of ether oxygens (including phenoxy) is 1. The maximum Gasteiger partial charge on any atom is 0.413 e. The van der Waals surface area contributed by atoms with Gasteiger partial charge in [0.1, 0.15) is 0 Å². The van der Waals surface area contributed by atoms with Gasteiger partial charge >= 0.3 is 6.09 Å². The van der Waals surface area contributed by atoms with Crippen LogP contribution < -0.4 is 5.32 Å². The average molecular weight is 407 g/mol. The van der Waals surface area contributed by atoms with Crippen LogP contribution in [0.4, 0.5) is 10.7 Å². The Kier molecular flexibility index (Phi) is 9.68. The lowest BCUT2D eigenvalue weighted by atomic mass is 10.1. The molecule has 2 aromatic rings. The maximum absolute atomic E-state index is 11.2. The van der Waals surface area contributed by atoms with Gasteiger partial charge in [-0.2, -0.15) is 0 Å². The fourth-order valence-electron chi connectivity index (χ4n) is 2.82. The number of carbonyl (C=O) groups excluding carboxylic acids is 2. The number of carbonyl (C=O) groups is 2. The minimum atomic E-state index is -0.538. The first-order valence-corrected chi connectivity index (χ1v) is 10.8. The van der Waals surface area contributed by atoms with Gasteiger partial charge in [0.05, 0.1) is 18.1 Å². The van der Waals surface area contributed by atoms with Crippen LogP contribution in [0.15, 0.2) is 24.3 Å². The first-order valence-electron chi connectivity index (χ1n) is 9.87. The number of methoxy groups -OCH3 is 1. The molecule has 28 heavy (non-hydrogen) atoms. The van der Waals surface area contributed by atoms with Gasteiger partial charge in [0.15, 0.2) is 0 Å². The molecule has 2 N–H and O–H groups in total. The SMILES string of the molecule is CCCCCCCCN1SCCC1=O.COC(=O)Nc1nc2ccccc2[nH]1. The zero-order chi connectivity index (χ0) is 20.2. The smallest absolute Gasteiger partial charge is 0.413 e. The van der Waals surface area contributed by atoms with Crippen LogP contribution in [0.1, 0.15) is 51.9 Å². The van der Waals surface area contributed by atoms with Crippen molar-refractivity contribution in [2.75, 3.05) is 24.7 Å². The monoisotopic (exact) mass is 406 g/mol. The van der Waals surface area contributed by atoms with Crippen LogP contribution in [0.5, 0.6) is 0 Å². The van der Waals surface area contributed by atoms with Gasteiger partial charge in [-0.3, -0.25) is 14.4 Å². The summed E-state index contributed by atoms with van der Waals surface area (Å²) < 4.78 is 6.38. The molecule has 0 unspecified atom stereocenters. The van der Waals surface area contributed by atoms with Crippen LogP contribution in [0.25, 0.3) is 11.0 Å². The van der Waals surface area contributed by atoms with Gasteiger partial charge in [0.2, 0.25) is 11.9 Å². The van der Waals surface area contributed by atoms with Crippen molar-refractivity contribution in [3.63, 3.8) is 0 Å². The van der Waals surface area contributed by atoms with E-state index in [1.54, 1.807) is 11.9 Å². The number of unbranched alkanes of at least 4 members (excludes halogenated alkanes) is 5. The van der Waals surface area contributed by atoms with Gasteiger partial charge in [0.25, 0.3) is 0 Å². The number of anilines is 1. The second kappa shape index (κ2) is 12.3. The number of hydrogen-bond acceptors (Lipinski definition) is 5. The predicted octanol–water partition coefficient (Wildman–Crippen LogP) is 4.97. The molecule has 0 atom stereocenters. The molecule has 0 aliphatic carbocycles. The number of para-hydroxylation sites is 2. The van der Waals surface area contributed by atoms with E-state index in [-0.39, 0.29) is 0 Å². The lowest BCUT2D eigenvalue weighted by Gasteiger charge is -2.12. The molecule has 2 amide bonds. The van der Waals surface area contributed by atoms with E-state index in [4.69, 9.17) is 0 Å². The molecule has 0 bridgehead atoms. The number of imidazole rings is 1. The maximum atomic E-state index is 11.2. The van der Waals surface area contributed by atoms with Crippen molar-refractivity contribution in [3.05, 3.63) is 24.3 Å². The first-order chi connectivity index (χ1) is 13.6. The van der Waals surface area contributed by atoms with E-state index in [0.717, 1.165) is 29.8 Å². The number of nitrogens with zero attached hydrogens (tertiary/aromatic N) is 2. The van der Waals surface area contributed by atoms with Gasteiger partial charge in [-0.25, -0.2) is 9.78 Å². The van der Waals surface area contributed by atoms with E-state index in [2.05, 4.69) is 26.9 Å². The van der Waals surface area contributed by atoms with Crippen molar-refractivity contribution < 1.29 is 14.3 Å². The van der Waals surface area contributed by atoms with Gasteiger partial charge in [-0.1, -0.05) is 51.2 Å². The number of benzene rings is 1. The number of H-pyrrole nitrogens is 1. The summed E-state index contributed by atoms with van der Waals surface area (Å²) in [5, 5.41) is 2.45. The number of hydrogen-bond donors (Lipinski definition) is 2. The van der Waals surface area contributed by atoms with Crippen LogP contribution in [-0.4, -0.2) is 45.7 Å². The van der Waals surface area contributed by atoms with Crippen molar-refractivity contribution in [1.29, 1.82) is 0 Å². The largest absolute Gasteiger partial charge is 0.453 e. The molecule has 154 valence electrons. The highest BCUT2D eigenvalue weighted by Crippen LogP contribution is 2.22. The Labute approximate surface area is 170 Å². The number of nitrogens with one attached hydrogen (secondary N) is 2. The quantitative estimate of drug-likeness (QED) is 0.477. The number of fused-ring (bicyclic) bond motifs is 1. The van der Waals surface area contributed by atoms with Gasteiger partial charge in [-0.15, -0.1) is 0 Å². The van der Waals surface area contributed by atoms with E-state index in [0.29, 0.717) is 11.9 Å². The third-order valence-electron chi connectivity index (χ3n) is 4.35. The standard InChI is InChI=1S/C11H21NOS.C9H9N3O2/c1-2-3-4-5-6-7-9-12-11(13)8-10-14-12;1-14-9(13)12-8-10-6-4-2-3-5-7(6)11-8/h2-10H2,1H3;2-5H,1H3,(H2,10,11,12,13). The summed E-state index contributed by atoms with van der Waals surface area (Å²) in [7, 11) is 1.30. The topological polar surface area (TPSA) is 87.3 Å². The Balaban J connectivity index is 0.000000200. The summed E-state index contributed by atoms with van der Waals surface area (Å²) in [6.07, 6.45) is 8.03. The molecule has 0 radical (unpaired) electrons. The summed E-state index contributed by atoms with van der Waals surface area (Å²) in [5.74, 6) is 1.72. The lowest BCUT2D eigenvalue weighted by molar-refractivity contribution is -0.124. The Morgan fingerprint density at radius 2 is 2.00 bits per heavy atom. The van der Waals surface area contributed by atoms with Crippen molar-refractivity contribution in [1.82, 2.24) is 14.3 Å². The Bertz CT molecular complexity index is 717. The molecule has 1 aromatic heterocycles. The normalized spacial score (nSPS) is 13.4. The van der Waals surface area contributed by atoms with Crippen molar-refractivity contribution in [2.24, 2.45) is 0 Å². The minimum Gasteiger partial charge on any atom is -0.453 e. The summed E-state index contributed by atoms with van der Waals surface area (Å²) in [6, 6.07) is 7.51. The van der Waals surface area contributed by atoms with Crippen molar-refractivity contribution >= 4 is 40.9 Å². The molecule has 1 saturated heterocycles. The average Bonchev–Trinajstić information content (AvgIpc) is 3.30. The molecular formula is C20H30N4O3S. The molecule has 7 nitrogen and oxygen atoms in total. The van der Waals surface area contributed by atoms with Crippen molar-refractivity contribution in [2.45, 2.75) is 51.9 Å². The fourth-order valence-corrected chi connectivity index (χ4v) is 3.80. The molecule has 1 aliphatic heterocycles. The van der Waals surface area contributed by atoms with Crippen LogP contribution in [0, 0.1) is 0 Å². The third kappa shape index (κ3) is 7.42. The van der Waals surface area contributed by atoms with E-state index < -0.39 is 6.09 Å². The summed E-state index contributed by atoms with van der Waals surface area (Å²) in [4.78, 5) is 29.2. The van der Waals surface area contributed by atoms with E-state index >= 15 is 0 Å². The number of aromatic nitrogens is 2. The minimum absolute atomic E-state index is 0.337. The van der Waals surface area contributed by atoms with Gasteiger partial charge in [-0.05, 0) is 30.5 Å². The molecule has 1 aliphatic rings. The van der Waals surface area contributed by atoms with Gasteiger partial charge < -0.3 is 9.72 Å². The Hall–Kier alpha value is -2.22. The molecule has 8 heteroatoms. The van der Waals surface area contributed by atoms with Crippen LogP contribution in [0.3, 0.4) is 0 Å². The fraction of sp³-hybridized carbons (Fsp3) is 0.550. The van der Waals surface area contributed by atoms with Crippen LogP contribution in [0.2, 0.25) is 0 Å². The molecule has 0 saturated carbocycles. The molecular weight excluding hydrogens is 376 g/mol. The highest BCUT2D eigenvalue weighted by molar-refractivity contribution is 7.97. The molecule has 0 spiro atoms. The molecule has 3 rings (SSSR count). The highest BCUT2D eigenvalue weighted by atomic mass is 32.2. The van der Waals surface area contributed by atoms with Crippen LogP contribution >= 0.6 is 11.9 Å². The first kappa shape index (κ1) is 22.1. The van der Waals surface area contributed by atoms with Crippen molar-refractivity contribution in [3.8, 4) is 0 Å². The Morgan fingerprint density at radius 3 is 2.68 bits per heavy atom. The van der Waals surface area contributed by atoms with Gasteiger partial charge in [0, 0.05) is 18.7 Å². The third-order valence-corrected chi connectivity index (χ3v) is 5.44. The molecule has 2 heterocycles. The number of amides is 2. The second-order valence-electron chi connectivity index (χ2n) is 6.57. The highest BCUT2D eigenvalue weighted by Gasteiger charge is 2.20. The molecule has 1 fully saturated rings. The summed E-state index contributed by atoms with van der Waals surface area (Å²) >= 11 is 1.70. The second-order valence-corrected chi connectivity index (χ2v) is 7.67. The summed E-state index contributed by atoms with van der Waals surface area (Å²) in [5.41, 5.74) is 1.68. The summed E-state index contributed by atoms with van der Waals surface area (Å²) in [6.45, 7) is 3.20.